The Hall–Kier alpha value is -2.34. The molecule has 1 atom stereocenters. The van der Waals surface area contributed by atoms with Crippen molar-refractivity contribution >= 4 is 27.7 Å². The second-order valence-corrected chi connectivity index (χ2v) is 11.2. The fraction of sp³-hybridized carbons (Fsp3) is 0.500. The van der Waals surface area contributed by atoms with E-state index in [1.165, 1.54) is 5.56 Å². The SMILES string of the molecule is Cc1ccccc1CN(C(=O)COc1ccc(C(C)(C)C)cc1Br)[C@@H](C)C(=O)NC1CCCC1. The zero-order chi connectivity index (χ0) is 24.9. The fourth-order valence-corrected chi connectivity index (χ4v) is 4.75. The number of rotatable bonds is 8. The third-order valence-corrected chi connectivity index (χ3v) is 7.24. The van der Waals surface area contributed by atoms with E-state index in [0.717, 1.165) is 41.3 Å². The van der Waals surface area contributed by atoms with Gasteiger partial charge in [-0.05, 0) is 76.9 Å². The lowest BCUT2D eigenvalue weighted by Gasteiger charge is -2.30. The minimum Gasteiger partial charge on any atom is -0.483 e. The summed E-state index contributed by atoms with van der Waals surface area (Å²) in [6, 6.07) is 13.5. The third kappa shape index (κ3) is 6.84. The van der Waals surface area contributed by atoms with Crippen LogP contribution >= 0.6 is 15.9 Å². The molecule has 0 aromatic heterocycles. The van der Waals surface area contributed by atoms with Crippen LogP contribution in [0, 0.1) is 6.92 Å². The second kappa shape index (κ2) is 11.4. The minimum absolute atomic E-state index is 0.0172. The maximum Gasteiger partial charge on any atom is 0.261 e. The molecule has 0 spiro atoms. The molecule has 34 heavy (non-hydrogen) atoms. The van der Waals surface area contributed by atoms with Crippen molar-refractivity contribution in [3.05, 3.63) is 63.6 Å². The van der Waals surface area contributed by atoms with Gasteiger partial charge in [0, 0.05) is 12.6 Å². The number of nitrogens with one attached hydrogen (secondary N) is 1. The van der Waals surface area contributed by atoms with E-state index >= 15 is 0 Å². The quantitative estimate of drug-likeness (QED) is 0.463. The van der Waals surface area contributed by atoms with Crippen LogP contribution in [-0.4, -0.2) is 35.4 Å². The molecular formula is C28H37BrN2O3. The number of ether oxygens (including phenoxy) is 1. The van der Waals surface area contributed by atoms with Gasteiger partial charge < -0.3 is 15.0 Å². The Morgan fingerprint density at radius 3 is 2.44 bits per heavy atom. The van der Waals surface area contributed by atoms with Crippen molar-refractivity contribution in [2.75, 3.05) is 6.61 Å². The number of amides is 2. The summed E-state index contributed by atoms with van der Waals surface area (Å²) in [6.07, 6.45) is 4.29. The van der Waals surface area contributed by atoms with Crippen LogP contribution in [0.15, 0.2) is 46.9 Å². The topological polar surface area (TPSA) is 58.6 Å². The molecule has 0 unspecified atom stereocenters. The van der Waals surface area contributed by atoms with Crippen molar-refractivity contribution in [3.8, 4) is 5.75 Å². The average Bonchev–Trinajstić information content (AvgIpc) is 3.29. The first-order valence-corrected chi connectivity index (χ1v) is 12.9. The normalized spacial score (nSPS) is 15.1. The first-order valence-electron chi connectivity index (χ1n) is 12.1. The number of carbonyl (C=O) groups is 2. The maximum atomic E-state index is 13.4. The second-order valence-electron chi connectivity index (χ2n) is 10.3. The third-order valence-electron chi connectivity index (χ3n) is 6.62. The molecule has 5 nitrogen and oxygen atoms in total. The molecule has 1 saturated carbocycles. The van der Waals surface area contributed by atoms with Crippen LogP contribution in [0.5, 0.6) is 5.75 Å². The molecule has 0 aliphatic heterocycles. The van der Waals surface area contributed by atoms with Crippen LogP contribution in [0.3, 0.4) is 0 Å². The Kier molecular flexibility index (Phi) is 8.80. The predicted octanol–water partition coefficient (Wildman–Crippen LogP) is 5.91. The lowest BCUT2D eigenvalue weighted by molar-refractivity contribution is -0.142. The fourth-order valence-electron chi connectivity index (χ4n) is 4.25. The lowest BCUT2D eigenvalue weighted by atomic mass is 9.87. The summed E-state index contributed by atoms with van der Waals surface area (Å²) in [5, 5.41) is 3.14. The number of hydrogen-bond acceptors (Lipinski definition) is 3. The molecule has 1 N–H and O–H groups in total. The Labute approximate surface area is 212 Å². The van der Waals surface area contributed by atoms with Crippen molar-refractivity contribution in [3.63, 3.8) is 0 Å². The van der Waals surface area contributed by atoms with Crippen molar-refractivity contribution in [2.45, 2.75) is 84.3 Å². The van der Waals surface area contributed by atoms with Gasteiger partial charge in [-0.3, -0.25) is 9.59 Å². The average molecular weight is 530 g/mol. The number of carbonyl (C=O) groups excluding carboxylic acids is 2. The first kappa shape index (κ1) is 26.3. The summed E-state index contributed by atoms with van der Waals surface area (Å²) in [6.45, 7) is 10.5. The molecule has 1 aliphatic rings. The van der Waals surface area contributed by atoms with Crippen LogP contribution < -0.4 is 10.1 Å². The molecule has 0 saturated heterocycles. The molecule has 0 heterocycles. The van der Waals surface area contributed by atoms with E-state index in [9.17, 15) is 9.59 Å². The Bertz CT molecular complexity index is 1010. The smallest absolute Gasteiger partial charge is 0.261 e. The Morgan fingerprint density at radius 1 is 1.15 bits per heavy atom. The van der Waals surface area contributed by atoms with Crippen molar-refractivity contribution in [1.82, 2.24) is 10.2 Å². The molecule has 0 bridgehead atoms. The highest BCUT2D eigenvalue weighted by molar-refractivity contribution is 9.10. The lowest BCUT2D eigenvalue weighted by Crippen LogP contribution is -2.50. The molecule has 6 heteroatoms. The van der Waals surface area contributed by atoms with E-state index < -0.39 is 6.04 Å². The van der Waals surface area contributed by atoms with Crippen LogP contribution in [0.4, 0.5) is 0 Å². The van der Waals surface area contributed by atoms with E-state index in [1.54, 1.807) is 11.8 Å². The van der Waals surface area contributed by atoms with Crippen molar-refractivity contribution < 1.29 is 14.3 Å². The highest BCUT2D eigenvalue weighted by atomic mass is 79.9. The van der Waals surface area contributed by atoms with Gasteiger partial charge in [-0.2, -0.15) is 0 Å². The van der Waals surface area contributed by atoms with Crippen LogP contribution in [-0.2, 0) is 21.5 Å². The van der Waals surface area contributed by atoms with Gasteiger partial charge in [0.25, 0.3) is 5.91 Å². The van der Waals surface area contributed by atoms with Gasteiger partial charge in [0.05, 0.1) is 4.47 Å². The summed E-state index contributed by atoms with van der Waals surface area (Å²) in [5.41, 5.74) is 3.30. The summed E-state index contributed by atoms with van der Waals surface area (Å²) in [4.78, 5) is 28.0. The van der Waals surface area contributed by atoms with Crippen LogP contribution in [0.25, 0.3) is 0 Å². The van der Waals surface area contributed by atoms with E-state index in [0.29, 0.717) is 12.3 Å². The molecule has 1 aliphatic carbocycles. The molecule has 3 rings (SSSR count). The van der Waals surface area contributed by atoms with Gasteiger partial charge in [0.15, 0.2) is 6.61 Å². The van der Waals surface area contributed by atoms with Gasteiger partial charge in [0.1, 0.15) is 11.8 Å². The van der Waals surface area contributed by atoms with Crippen LogP contribution in [0.2, 0.25) is 0 Å². The largest absolute Gasteiger partial charge is 0.483 e. The minimum atomic E-state index is -0.594. The van der Waals surface area contributed by atoms with Crippen molar-refractivity contribution in [2.24, 2.45) is 0 Å². The number of benzene rings is 2. The summed E-state index contributed by atoms with van der Waals surface area (Å²) < 4.78 is 6.72. The van der Waals surface area contributed by atoms with E-state index in [1.807, 2.05) is 49.4 Å². The predicted molar refractivity (Wildman–Crippen MR) is 140 cm³/mol. The van der Waals surface area contributed by atoms with Gasteiger partial charge >= 0.3 is 0 Å². The monoisotopic (exact) mass is 528 g/mol. The molecule has 2 aromatic rings. The van der Waals surface area contributed by atoms with Gasteiger partial charge in [-0.1, -0.05) is 63.9 Å². The number of halogens is 1. The standard InChI is InChI=1S/C28H37BrN2O3/c1-19-10-6-7-11-21(19)17-31(20(2)27(33)30-23-12-8-9-13-23)26(32)18-34-25-15-14-22(16-24(25)29)28(3,4)5/h6-7,10-11,14-16,20,23H,8-9,12-13,17-18H2,1-5H3,(H,30,33)/t20-/m0/s1. The molecule has 2 aromatic carbocycles. The Morgan fingerprint density at radius 2 is 1.82 bits per heavy atom. The number of nitrogens with zero attached hydrogens (tertiary/aromatic N) is 1. The zero-order valence-electron chi connectivity index (χ0n) is 21.0. The maximum absolute atomic E-state index is 13.4. The van der Waals surface area contributed by atoms with Gasteiger partial charge in [0.2, 0.25) is 5.91 Å². The van der Waals surface area contributed by atoms with Gasteiger partial charge in [-0.25, -0.2) is 0 Å². The zero-order valence-corrected chi connectivity index (χ0v) is 22.6. The van der Waals surface area contributed by atoms with Gasteiger partial charge in [-0.15, -0.1) is 0 Å². The van der Waals surface area contributed by atoms with E-state index in [4.69, 9.17) is 4.74 Å². The highest BCUT2D eigenvalue weighted by Crippen LogP contribution is 2.31. The van der Waals surface area contributed by atoms with Crippen LogP contribution in [0.1, 0.15) is 70.1 Å². The molecule has 0 radical (unpaired) electrons. The highest BCUT2D eigenvalue weighted by Gasteiger charge is 2.29. The molecule has 2 amide bonds. The molecular weight excluding hydrogens is 492 g/mol. The summed E-state index contributed by atoms with van der Waals surface area (Å²) in [7, 11) is 0. The number of hydrogen-bond donors (Lipinski definition) is 1. The first-order chi connectivity index (χ1) is 16.1. The molecule has 184 valence electrons. The molecule has 1 fully saturated rings. The number of aryl methyl sites for hydroxylation is 1. The summed E-state index contributed by atoms with van der Waals surface area (Å²) in [5.74, 6) is 0.286. The van der Waals surface area contributed by atoms with E-state index in [2.05, 4.69) is 42.0 Å². The van der Waals surface area contributed by atoms with E-state index in [-0.39, 0.29) is 29.9 Å². The Balaban J connectivity index is 1.74. The van der Waals surface area contributed by atoms with Crippen molar-refractivity contribution in [1.29, 1.82) is 0 Å². The summed E-state index contributed by atoms with van der Waals surface area (Å²) >= 11 is 3.58.